The number of benzene rings is 2. The lowest BCUT2D eigenvalue weighted by Gasteiger charge is -2.00. The summed E-state index contributed by atoms with van der Waals surface area (Å²) in [5, 5.41) is 25.9. The predicted molar refractivity (Wildman–Crippen MR) is 77.3 cm³/mol. The maximum Gasteiger partial charge on any atom is 0.337 e. The summed E-state index contributed by atoms with van der Waals surface area (Å²) in [7, 11) is 0. The minimum absolute atomic E-state index is 0.0787. The molecule has 2 aromatic carbocycles. The zero-order valence-electron chi connectivity index (χ0n) is 10.9. The van der Waals surface area contributed by atoms with Crippen LogP contribution in [-0.2, 0) is 0 Å². The number of nitrogen functional groups attached to an aromatic ring is 2. The largest absolute Gasteiger partial charge is 0.506 e. The Morgan fingerprint density at radius 3 is 1.76 bits per heavy atom. The predicted octanol–water partition coefficient (Wildman–Crippen LogP) is 1.64. The topological polar surface area (TPSA) is 147 Å². The molecule has 2 aromatic rings. The fourth-order valence-corrected chi connectivity index (χ4v) is 1.43. The Balaban J connectivity index is 0.000000211. The maximum atomic E-state index is 10.4. The van der Waals surface area contributed by atoms with E-state index in [9.17, 15) is 9.59 Å². The van der Waals surface area contributed by atoms with Gasteiger partial charge in [0.2, 0.25) is 0 Å². The molecule has 110 valence electrons. The first-order valence-corrected chi connectivity index (χ1v) is 5.73. The van der Waals surface area contributed by atoms with Crippen molar-refractivity contribution < 1.29 is 24.9 Å². The fraction of sp³-hybridized carbons (Fsp3) is 0. The second-order valence-electron chi connectivity index (χ2n) is 3.94. The molecular weight excluding hydrogens is 276 g/mol. The molecule has 0 fully saturated rings. The van der Waals surface area contributed by atoms with Crippen molar-refractivity contribution in [2.45, 2.75) is 0 Å². The van der Waals surface area contributed by atoms with E-state index < -0.39 is 11.9 Å². The van der Waals surface area contributed by atoms with Crippen LogP contribution in [0.25, 0.3) is 0 Å². The molecule has 0 radical (unpaired) electrons. The van der Waals surface area contributed by atoms with E-state index in [2.05, 4.69) is 0 Å². The minimum Gasteiger partial charge on any atom is -0.506 e. The maximum absolute atomic E-state index is 10.4. The molecule has 21 heavy (non-hydrogen) atoms. The van der Waals surface area contributed by atoms with E-state index in [4.69, 9.17) is 26.8 Å². The van der Waals surface area contributed by atoms with Crippen LogP contribution in [0.5, 0.6) is 5.75 Å². The molecule has 0 atom stereocenters. The third-order valence-electron chi connectivity index (χ3n) is 2.50. The Kier molecular flexibility index (Phi) is 5.13. The van der Waals surface area contributed by atoms with Gasteiger partial charge >= 0.3 is 11.9 Å². The van der Waals surface area contributed by atoms with Crippen molar-refractivity contribution in [3.05, 3.63) is 53.6 Å². The van der Waals surface area contributed by atoms with Gasteiger partial charge in [-0.3, -0.25) is 0 Å². The van der Waals surface area contributed by atoms with Gasteiger partial charge in [-0.25, -0.2) is 9.59 Å². The molecule has 7 heteroatoms. The first kappa shape index (κ1) is 15.8. The Morgan fingerprint density at radius 2 is 1.33 bits per heavy atom. The van der Waals surface area contributed by atoms with Crippen LogP contribution < -0.4 is 11.5 Å². The summed E-state index contributed by atoms with van der Waals surface area (Å²) < 4.78 is 0. The zero-order chi connectivity index (χ0) is 16.0. The number of rotatable bonds is 2. The van der Waals surface area contributed by atoms with Gasteiger partial charge in [-0.2, -0.15) is 0 Å². The summed E-state index contributed by atoms with van der Waals surface area (Å²) in [5.74, 6) is -2.33. The lowest BCUT2D eigenvalue weighted by molar-refractivity contribution is 0.0687. The molecule has 0 aliphatic heterocycles. The highest BCUT2D eigenvalue weighted by Crippen LogP contribution is 2.22. The lowest BCUT2D eigenvalue weighted by atomic mass is 10.2. The van der Waals surface area contributed by atoms with E-state index in [0.717, 1.165) is 0 Å². The molecule has 0 aliphatic carbocycles. The standard InChI is InChI=1S/C7H7NO3.C7H7NO2/c8-6-4(7(10)11)2-1-3-5(6)9;8-6-4-2-1-3-5(6)7(9)10/h1-3,9H,8H2,(H,10,11);1-4H,8H2,(H,9,10). The number of hydrogen-bond donors (Lipinski definition) is 5. The van der Waals surface area contributed by atoms with Gasteiger partial charge in [0.25, 0.3) is 0 Å². The number of carbonyl (C=O) groups is 2. The van der Waals surface area contributed by atoms with E-state index in [1.54, 1.807) is 18.2 Å². The molecule has 7 nitrogen and oxygen atoms in total. The number of phenolic OH excluding ortho intramolecular Hbond substituents is 1. The normalized spacial score (nSPS) is 9.33. The van der Waals surface area contributed by atoms with Crippen LogP contribution >= 0.6 is 0 Å². The van der Waals surface area contributed by atoms with Gasteiger partial charge in [-0.15, -0.1) is 0 Å². The molecule has 0 heterocycles. The Bertz CT molecular complexity index is 670. The number of aromatic carboxylic acids is 2. The molecule has 0 amide bonds. The van der Waals surface area contributed by atoms with E-state index in [-0.39, 0.29) is 22.6 Å². The van der Waals surface area contributed by atoms with Gasteiger partial charge in [0.05, 0.1) is 16.8 Å². The number of nitrogens with two attached hydrogens (primary N) is 2. The summed E-state index contributed by atoms with van der Waals surface area (Å²) in [5.41, 5.74) is 10.9. The van der Waals surface area contributed by atoms with Crippen LogP contribution in [0.15, 0.2) is 42.5 Å². The zero-order valence-corrected chi connectivity index (χ0v) is 10.9. The third-order valence-corrected chi connectivity index (χ3v) is 2.50. The number of phenols is 1. The second kappa shape index (κ2) is 6.80. The number of aromatic hydroxyl groups is 1. The van der Waals surface area contributed by atoms with Crippen molar-refractivity contribution in [3.8, 4) is 5.75 Å². The van der Waals surface area contributed by atoms with Crippen LogP contribution in [0.1, 0.15) is 20.7 Å². The van der Waals surface area contributed by atoms with Crippen molar-refractivity contribution in [1.29, 1.82) is 0 Å². The van der Waals surface area contributed by atoms with Crippen molar-refractivity contribution in [2.24, 2.45) is 0 Å². The molecule has 0 saturated carbocycles. The summed E-state index contributed by atoms with van der Waals surface area (Å²) in [4.78, 5) is 20.7. The van der Waals surface area contributed by atoms with Crippen LogP contribution in [-0.4, -0.2) is 27.3 Å². The molecule has 0 spiro atoms. The van der Waals surface area contributed by atoms with Gasteiger partial charge in [0, 0.05) is 5.69 Å². The third kappa shape index (κ3) is 4.13. The van der Waals surface area contributed by atoms with E-state index in [1.807, 2.05) is 0 Å². The summed E-state index contributed by atoms with van der Waals surface area (Å²) in [6, 6.07) is 10.5. The number of para-hydroxylation sites is 2. The van der Waals surface area contributed by atoms with E-state index >= 15 is 0 Å². The smallest absolute Gasteiger partial charge is 0.337 e. The fourth-order valence-electron chi connectivity index (χ4n) is 1.43. The van der Waals surface area contributed by atoms with Crippen molar-refractivity contribution in [1.82, 2.24) is 0 Å². The molecule has 7 N–H and O–H groups in total. The van der Waals surface area contributed by atoms with Crippen LogP contribution in [0.2, 0.25) is 0 Å². The molecule has 0 aliphatic rings. The Hall–Kier alpha value is -3.22. The second-order valence-corrected chi connectivity index (χ2v) is 3.94. The summed E-state index contributed by atoms with van der Waals surface area (Å²) in [6.45, 7) is 0. The van der Waals surface area contributed by atoms with Gasteiger partial charge in [0.1, 0.15) is 5.75 Å². The highest BCUT2D eigenvalue weighted by molar-refractivity contribution is 5.95. The first-order chi connectivity index (χ1) is 9.84. The minimum atomic E-state index is -1.14. The number of anilines is 2. The van der Waals surface area contributed by atoms with Gasteiger partial charge < -0.3 is 26.8 Å². The van der Waals surface area contributed by atoms with Crippen molar-refractivity contribution >= 4 is 23.3 Å². The van der Waals surface area contributed by atoms with Gasteiger partial charge in [0.15, 0.2) is 0 Å². The molecule has 2 rings (SSSR count). The van der Waals surface area contributed by atoms with Gasteiger partial charge in [-0.1, -0.05) is 18.2 Å². The molecule has 0 unspecified atom stereocenters. The van der Waals surface area contributed by atoms with E-state index in [1.165, 1.54) is 24.3 Å². The average molecular weight is 290 g/mol. The summed E-state index contributed by atoms with van der Waals surface area (Å²) >= 11 is 0. The SMILES string of the molecule is Nc1c(O)cccc1C(=O)O.Nc1ccccc1C(=O)O. The number of carboxylic acids is 2. The van der Waals surface area contributed by atoms with Crippen molar-refractivity contribution in [2.75, 3.05) is 11.5 Å². The van der Waals surface area contributed by atoms with E-state index in [0.29, 0.717) is 5.69 Å². The molecule has 0 bridgehead atoms. The number of hydrogen-bond acceptors (Lipinski definition) is 5. The lowest BCUT2D eigenvalue weighted by Crippen LogP contribution is -2.01. The molecule has 0 aromatic heterocycles. The quantitative estimate of drug-likeness (QED) is 0.417. The highest BCUT2D eigenvalue weighted by atomic mass is 16.4. The Labute approximate surface area is 120 Å². The highest BCUT2D eigenvalue weighted by Gasteiger charge is 2.09. The number of carboxylic acid groups (broad SMARTS) is 2. The Morgan fingerprint density at radius 1 is 0.810 bits per heavy atom. The van der Waals surface area contributed by atoms with Crippen LogP contribution in [0.4, 0.5) is 11.4 Å². The molecular formula is C14H14N2O5. The first-order valence-electron chi connectivity index (χ1n) is 5.73. The average Bonchev–Trinajstić information content (AvgIpc) is 2.42. The molecule has 0 saturated heterocycles. The van der Waals surface area contributed by atoms with Crippen molar-refractivity contribution in [3.63, 3.8) is 0 Å². The van der Waals surface area contributed by atoms with Crippen LogP contribution in [0.3, 0.4) is 0 Å². The van der Waals surface area contributed by atoms with Crippen LogP contribution in [0, 0.1) is 0 Å². The monoisotopic (exact) mass is 290 g/mol. The summed E-state index contributed by atoms with van der Waals surface area (Å²) in [6.07, 6.45) is 0. The van der Waals surface area contributed by atoms with Gasteiger partial charge in [-0.05, 0) is 24.3 Å².